The van der Waals surface area contributed by atoms with Gasteiger partial charge in [-0.1, -0.05) is 41.4 Å². The highest BCUT2D eigenvalue weighted by atomic mass is 35.5. The Bertz CT molecular complexity index is 624. The number of rotatable bonds is 3. The van der Waals surface area contributed by atoms with Crippen molar-refractivity contribution in [3.63, 3.8) is 0 Å². The van der Waals surface area contributed by atoms with Crippen LogP contribution in [0.1, 0.15) is 19.7 Å². The maximum absolute atomic E-state index is 13.8. The fourth-order valence-electron chi connectivity index (χ4n) is 1.65. The van der Waals surface area contributed by atoms with Gasteiger partial charge in [0.25, 0.3) is 0 Å². The molecule has 0 unspecified atom stereocenters. The second-order valence-corrected chi connectivity index (χ2v) is 5.41. The summed E-state index contributed by atoms with van der Waals surface area (Å²) in [5, 5.41) is 0.186. The maximum Gasteiger partial charge on any atom is 0.163 e. The molecule has 6 heteroatoms. The molecule has 2 rings (SSSR count). The summed E-state index contributed by atoms with van der Waals surface area (Å²) in [6.07, 6.45) is 0. The molecule has 0 saturated heterocycles. The van der Waals surface area contributed by atoms with Gasteiger partial charge in [0, 0.05) is 12.7 Å². The SMILES string of the molecule is COC(C)(C)c1nc(Cl)c(-c2ccccc2F)c(Cl)n1. The highest BCUT2D eigenvalue weighted by Crippen LogP contribution is 2.35. The van der Waals surface area contributed by atoms with E-state index in [1.54, 1.807) is 32.0 Å². The molecule has 0 aliphatic carbocycles. The molecule has 0 atom stereocenters. The zero-order chi connectivity index (χ0) is 14.9. The van der Waals surface area contributed by atoms with E-state index in [9.17, 15) is 4.39 Å². The van der Waals surface area contributed by atoms with Gasteiger partial charge in [0.2, 0.25) is 0 Å². The average Bonchev–Trinajstić information content (AvgIpc) is 2.40. The Kier molecular flexibility index (Phi) is 4.28. The van der Waals surface area contributed by atoms with Crippen LogP contribution in [0.3, 0.4) is 0 Å². The lowest BCUT2D eigenvalue weighted by Crippen LogP contribution is -2.23. The first-order chi connectivity index (χ1) is 9.36. The molecule has 0 fully saturated rings. The number of nitrogens with zero attached hydrogens (tertiary/aromatic N) is 2. The summed E-state index contributed by atoms with van der Waals surface area (Å²) < 4.78 is 19.1. The Balaban J connectivity index is 2.62. The molecule has 0 N–H and O–H groups in total. The van der Waals surface area contributed by atoms with Gasteiger partial charge >= 0.3 is 0 Å². The predicted molar refractivity (Wildman–Crippen MR) is 77.5 cm³/mol. The fraction of sp³-hybridized carbons (Fsp3) is 0.286. The van der Waals surface area contributed by atoms with Crippen molar-refractivity contribution in [2.24, 2.45) is 0 Å². The van der Waals surface area contributed by atoms with Crippen LogP contribution in [0.15, 0.2) is 24.3 Å². The first kappa shape index (κ1) is 15.2. The van der Waals surface area contributed by atoms with Crippen LogP contribution >= 0.6 is 23.2 Å². The highest BCUT2D eigenvalue weighted by molar-refractivity contribution is 6.37. The summed E-state index contributed by atoms with van der Waals surface area (Å²) in [6.45, 7) is 3.58. The van der Waals surface area contributed by atoms with Gasteiger partial charge < -0.3 is 4.74 Å². The number of aromatic nitrogens is 2. The van der Waals surface area contributed by atoms with Crippen molar-refractivity contribution in [3.8, 4) is 11.1 Å². The molecule has 0 amide bonds. The smallest absolute Gasteiger partial charge is 0.163 e. The zero-order valence-electron chi connectivity index (χ0n) is 11.2. The van der Waals surface area contributed by atoms with Crippen LogP contribution in [0.4, 0.5) is 4.39 Å². The van der Waals surface area contributed by atoms with Gasteiger partial charge in [-0.25, -0.2) is 14.4 Å². The number of hydrogen-bond acceptors (Lipinski definition) is 3. The molecular formula is C14H13Cl2FN2O. The monoisotopic (exact) mass is 314 g/mol. The van der Waals surface area contributed by atoms with Gasteiger partial charge in [-0.2, -0.15) is 0 Å². The quantitative estimate of drug-likeness (QED) is 0.784. The maximum atomic E-state index is 13.8. The Morgan fingerprint density at radius 1 is 1.10 bits per heavy atom. The molecule has 1 aromatic carbocycles. The largest absolute Gasteiger partial charge is 0.371 e. The van der Waals surface area contributed by atoms with Crippen LogP contribution in [-0.4, -0.2) is 17.1 Å². The summed E-state index contributed by atoms with van der Waals surface area (Å²) in [5.41, 5.74) is -0.188. The van der Waals surface area contributed by atoms with Gasteiger partial charge in [0.1, 0.15) is 21.7 Å². The van der Waals surface area contributed by atoms with E-state index in [0.717, 1.165) is 0 Å². The topological polar surface area (TPSA) is 35.0 Å². The van der Waals surface area contributed by atoms with E-state index in [0.29, 0.717) is 5.82 Å². The van der Waals surface area contributed by atoms with E-state index in [1.807, 2.05) is 0 Å². The highest BCUT2D eigenvalue weighted by Gasteiger charge is 2.26. The molecule has 106 valence electrons. The number of hydrogen-bond donors (Lipinski definition) is 0. The van der Waals surface area contributed by atoms with Gasteiger partial charge in [0.15, 0.2) is 5.82 Å². The average molecular weight is 315 g/mol. The second-order valence-electron chi connectivity index (χ2n) is 4.70. The van der Waals surface area contributed by atoms with Crippen molar-refractivity contribution in [3.05, 3.63) is 46.2 Å². The molecule has 1 heterocycles. The van der Waals surface area contributed by atoms with Gasteiger partial charge in [0.05, 0.1) is 5.56 Å². The Morgan fingerprint density at radius 2 is 1.65 bits per heavy atom. The molecule has 0 saturated carbocycles. The molecule has 1 aromatic heterocycles. The minimum absolute atomic E-state index is 0.0928. The second kappa shape index (κ2) is 5.64. The molecule has 3 nitrogen and oxygen atoms in total. The van der Waals surface area contributed by atoms with Crippen LogP contribution in [0.5, 0.6) is 0 Å². The van der Waals surface area contributed by atoms with Crippen LogP contribution in [0.2, 0.25) is 10.3 Å². The van der Waals surface area contributed by atoms with Crippen LogP contribution in [0.25, 0.3) is 11.1 Å². The molecule has 0 aliphatic rings. The molecule has 0 spiro atoms. The van der Waals surface area contributed by atoms with E-state index in [1.165, 1.54) is 13.2 Å². The van der Waals surface area contributed by atoms with E-state index in [4.69, 9.17) is 27.9 Å². The van der Waals surface area contributed by atoms with Gasteiger partial charge in [-0.15, -0.1) is 0 Å². The normalized spacial score (nSPS) is 11.7. The van der Waals surface area contributed by atoms with E-state index < -0.39 is 11.4 Å². The van der Waals surface area contributed by atoms with E-state index >= 15 is 0 Å². The van der Waals surface area contributed by atoms with Crippen molar-refractivity contribution >= 4 is 23.2 Å². The first-order valence-electron chi connectivity index (χ1n) is 5.90. The van der Waals surface area contributed by atoms with E-state index in [-0.39, 0.29) is 21.4 Å². The Hall–Kier alpha value is -1.23. The third-order valence-electron chi connectivity index (χ3n) is 3.01. The van der Waals surface area contributed by atoms with Crippen molar-refractivity contribution in [1.82, 2.24) is 9.97 Å². The Labute approximate surface area is 126 Å². The summed E-state index contributed by atoms with van der Waals surface area (Å²) >= 11 is 12.3. The number of methoxy groups -OCH3 is 1. The predicted octanol–water partition coefficient (Wildman–Crippen LogP) is 4.47. The molecular weight excluding hydrogens is 302 g/mol. The summed E-state index contributed by atoms with van der Waals surface area (Å²) in [7, 11) is 1.54. The number of halogens is 3. The third-order valence-corrected chi connectivity index (χ3v) is 3.56. The van der Waals surface area contributed by atoms with E-state index in [2.05, 4.69) is 9.97 Å². The van der Waals surface area contributed by atoms with Crippen molar-refractivity contribution in [2.75, 3.05) is 7.11 Å². The molecule has 2 aromatic rings. The standard InChI is InChI=1S/C14H13Cl2FN2O/c1-14(2,20-3)13-18-11(15)10(12(16)19-13)8-6-4-5-7-9(8)17/h4-7H,1-3H3. The molecule has 0 aliphatic heterocycles. The van der Waals surface area contributed by atoms with Crippen molar-refractivity contribution in [2.45, 2.75) is 19.4 Å². The van der Waals surface area contributed by atoms with Crippen molar-refractivity contribution < 1.29 is 9.13 Å². The van der Waals surface area contributed by atoms with Crippen LogP contribution in [-0.2, 0) is 10.3 Å². The first-order valence-corrected chi connectivity index (χ1v) is 6.66. The van der Waals surface area contributed by atoms with Crippen LogP contribution < -0.4 is 0 Å². The molecule has 0 radical (unpaired) electrons. The lowest BCUT2D eigenvalue weighted by molar-refractivity contribution is 0.0115. The van der Waals surface area contributed by atoms with Crippen LogP contribution in [0, 0.1) is 5.82 Å². The summed E-state index contributed by atoms with van der Waals surface area (Å²) in [6, 6.07) is 6.18. The lowest BCUT2D eigenvalue weighted by Gasteiger charge is -2.22. The Morgan fingerprint density at radius 3 is 2.15 bits per heavy atom. The molecule has 0 bridgehead atoms. The van der Waals surface area contributed by atoms with Gasteiger partial charge in [-0.05, 0) is 19.9 Å². The fourth-order valence-corrected chi connectivity index (χ4v) is 2.25. The lowest BCUT2D eigenvalue weighted by atomic mass is 10.1. The minimum atomic E-state index is -0.735. The number of benzene rings is 1. The molecule has 20 heavy (non-hydrogen) atoms. The number of ether oxygens (including phenoxy) is 1. The minimum Gasteiger partial charge on any atom is -0.371 e. The van der Waals surface area contributed by atoms with Crippen molar-refractivity contribution in [1.29, 1.82) is 0 Å². The third kappa shape index (κ3) is 2.77. The summed E-state index contributed by atoms with van der Waals surface area (Å²) in [4.78, 5) is 8.34. The van der Waals surface area contributed by atoms with Gasteiger partial charge in [-0.3, -0.25) is 0 Å². The summed E-state index contributed by atoms with van der Waals surface area (Å²) in [5.74, 6) is -0.0891. The zero-order valence-corrected chi connectivity index (χ0v) is 12.8.